The zero-order valence-corrected chi connectivity index (χ0v) is 12.2. The molecule has 6 heteroatoms. The van der Waals surface area contributed by atoms with E-state index in [2.05, 4.69) is 0 Å². The molecule has 22 heavy (non-hydrogen) atoms. The summed E-state index contributed by atoms with van der Waals surface area (Å²) in [5.41, 5.74) is -0.115. The van der Waals surface area contributed by atoms with Gasteiger partial charge in [-0.3, -0.25) is 4.57 Å². The Kier molecular flexibility index (Phi) is 3.98. The van der Waals surface area contributed by atoms with E-state index in [-0.39, 0.29) is 13.2 Å². The summed E-state index contributed by atoms with van der Waals surface area (Å²) in [6, 6.07) is 13.9. The van der Waals surface area contributed by atoms with Gasteiger partial charge in [-0.05, 0) is 24.3 Å². The van der Waals surface area contributed by atoms with Gasteiger partial charge < -0.3 is 9.15 Å². The maximum Gasteiger partial charge on any atom is 0.422 e. The van der Waals surface area contributed by atoms with Crippen LogP contribution in [0.2, 0.25) is 5.02 Å². The molecule has 0 radical (unpaired) electrons. The fraction of sp³-hybridized carbons (Fsp3) is 0.125. The fourth-order valence-electron chi connectivity index (χ4n) is 2.19. The molecule has 0 aliphatic heterocycles. The fourth-order valence-corrected chi connectivity index (χ4v) is 2.38. The largest absolute Gasteiger partial charge is 0.490 e. The Labute approximate surface area is 130 Å². The van der Waals surface area contributed by atoms with Crippen molar-refractivity contribution >= 4 is 22.5 Å². The minimum atomic E-state index is -0.702. The van der Waals surface area contributed by atoms with E-state index < -0.39 is 11.4 Å². The van der Waals surface area contributed by atoms with Crippen LogP contribution in [-0.4, -0.2) is 11.2 Å². The van der Waals surface area contributed by atoms with Gasteiger partial charge in [0, 0.05) is 0 Å². The van der Waals surface area contributed by atoms with Crippen LogP contribution in [0.25, 0.3) is 10.9 Å². The summed E-state index contributed by atoms with van der Waals surface area (Å²) in [6.07, 6.45) is 0. The number of aromatic nitrogens is 1. The van der Waals surface area contributed by atoms with Crippen molar-refractivity contribution < 1.29 is 9.15 Å². The van der Waals surface area contributed by atoms with Crippen LogP contribution < -0.4 is 16.1 Å². The maximum atomic E-state index is 11.9. The summed E-state index contributed by atoms with van der Waals surface area (Å²) in [7, 11) is 0. The number of para-hydroxylation sites is 2. The number of nitrogens with zero attached hydrogens (tertiary/aromatic N) is 1. The van der Waals surface area contributed by atoms with Crippen molar-refractivity contribution in [2.75, 3.05) is 6.61 Å². The molecule has 0 amide bonds. The summed E-state index contributed by atoms with van der Waals surface area (Å²) in [5, 5.41) is 0.860. The van der Waals surface area contributed by atoms with Crippen LogP contribution >= 0.6 is 11.6 Å². The third-order valence-corrected chi connectivity index (χ3v) is 3.54. The zero-order valence-electron chi connectivity index (χ0n) is 11.5. The zero-order chi connectivity index (χ0) is 15.5. The van der Waals surface area contributed by atoms with Crippen LogP contribution in [0.3, 0.4) is 0 Å². The summed E-state index contributed by atoms with van der Waals surface area (Å²) in [5.74, 6) is -0.162. The highest BCUT2D eigenvalue weighted by molar-refractivity contribution is 6.32. The van der Waals surface area contributed by atoms with Crippen molar-refractivity contribution in [3.05, 3.63) is 74.5 Å². The Morgan fingerprint density at radius 3 is 2.59 bits per heavy atom. The van der Waals surface area contributed by atoms with E-state index in [1.165, 1.54) is 4.57 Å². The quantitative estimate of drug-likeness (QED) is 0.742. The molecule has 5 nitrogen and oxygen atoms in total. The predicted octanol–water partition coefficient (Wildman–Crippen LogP) is 2.69. The van der Waals surface area contributed by atoms with E-state index in [1.54, 1.807) is 42.5 Å². The minimum absolute atomic E-state index is 0.224. The molecule has 0 saturated heterocycles. The van der Waals surface area contributed by atoms with Crippen molar-refractivity contribution in [3.63, 3.8) is 0 Å². The topological polar surface area (TPSA) is 61.4 Å². The number of hydrogen-bond acceptors (Lipinski definition) is 4. The minimum Gasteiger partial charge on any atom is -0.490 e. The van der Waals surface area contributed by atoms with Gasteiger partial charge in [-0.1, -0.05) is 35.9 Å². The molecule has 1 aromatic heterocycles. The molecular formula is C16H12ClNO4. The molecule has 0 spiro atoms. The van der Waals surface area contributed by atoms with Gasteiger partial charge in [0.2, 0.25) is 0 Å². The lowest BCUT2D eigenvalue weighted by atomic mass is 10.2. The van der Waals surface area contributed by atoms with E-state index >= 15 is 0 Å². The molecule has 0 bridgehead atoms. The molecule has 0 atom stereocenters. The second kappa shape index (κ2) is 6.07. The smallest absolute Gasteiger partial charge is 0.422 e. The van der Waals surface area contributed by atoms with Crippen LogP contribution in [0.5, 0.6) is 5.75 Å². The molecule has 3 rings (SSSR count). The Morgan fingerprint density at radius 1 is 1.05 bits per heavy atom. The Balaban J connectivity index is 1.87. The van der Waals surface area contributed by atoms with Crippen LogP contribution in [0.4, 0.5) is 0 Å². The molecule has 3 aromatic rings. The first-order valence-corrected chi connectivity index (χ1v) is 7.04. The summed E-state index contributed by atoms with van der Waals surface area (Å²) in [4.78, 5) is 23.5. The molecule has 0 aliphatic carbocycles. The second-order valence-corrected chi connectivity index (χ2v) is 5.01. The average molecular weight is 318 g/mol. The van der Waals surface area contributed by atoms with E-state index in [4.69, 9.17) is 20.8 Å². The van der Waals surface area contributed by atoms with E-state index in [9.17, 15) is 9.59 Å². The monoisotopic (exact) mass is 317 g/mol. The highest BCUT2D eigenvalue weighted by Crippen LogP contribution is 2.22. The number of rotatable bonds is 4. The first-order valence-electron chi connectivity index (χ1n) is 6.67. The SMILES string of the molecule is O=c1oc(=O)n(CCOc2ccccc2Cl)c2ccccc12. The molecule has 112 valence electrons. The summed E-state index contributed by atoms with van der Waals surface area (Å²) >= 11 is 6.00. The Bertz CT molecular complexity index is 929. The first-order chi connectivity index (χ1) is 10.7. The Hall–Kier alpha value is -2.53. The van der Waals surface area contributed by atoms with Crippen molar-refractivity contribution in [1.29, 1.82) is 0 Å². The molecule has 0 aliphatic rings. The Morgan fingerprint density at radius 2 is 1.77 bits per heavy atom. The third-order valence-electron chi connectivity index (χ3n) is 3.22. The first kappa shape index (κ1) is 14.4. The van der Waals surface area contributed by atoms with Crippen LogP contribution in [0.1, 0.15) is 0 Å². The van der Waals surface area contributed by atoms with Gasteiger partial charge in [-0.2, -0.15) is 0 Å². The van der Waals surface area contributed by atoms with Gasteiger partial charge in [0.1, 0.15) is 12.4 Å². The second-order valence-electron chi connectivity index (χ2n) is 4.60. The lowest BCUT2D eigenvalue weighted by Crippen LogP contribution is -2.27. The normalized spacial score (nSPS) is 10.8. The van der Waals surface area contributed by atoms with Crippen LogP contribution in [0, 0.1) is 0 Å². The lowest BCUT2D eigenvalue weighted by Gasteiger charge is -2.10. The number of hydrogen-bond donors (Lipinski definition) is 0. The molecule has 0 fully saturated rings. The predicted molar refractivity (Wildman–Crippen MR) is 83.7 cm³/mol. The van der Waals surface area contributed by atoms with Gasteiger partial charge in [-0.15, -0.1) is 0 Å². The molecule has 0 N–H and O–H groups in total. The number of ether oxygens (including phenoxy) is 1. The molecule has 0 saturated carbocycles. The van der Waals surface area contributed by atoms with Crippen LogP contribution in [-0.2, 0) is 6.54 Å². The number of fused-ring (bicyclic) bond motifs is 1. The summed E-state index contributed by atoms with van der Waals surface area (Å²) < 4.78 is 11.7. The highest BCUT2D eigenvalue weighted by Gasteiger charge is 2.09. The van der Waals surface area contributed by atoms with Gasteiger partial charge in [0.25, 0.3) is 0 Å². The molecule has 1 heterocycles. The van der Waals surface area contributed by atoms with Gasteiger partial charge in [-0.25, -0.2) is 9.59 Å². The number of halogens is 1. The maximum absolute atomic E-state index is 11.9. The third kappa shape index (κ3) is 2.76. The van der Waals surface area contributed by atoms with E-state index in [0.29, 0.717) is 21.7 Å². The lowest BCUT2D eigenvalue weighted by molar-refractivity contribution is 0.287. The molecule has 0 unspecified atom stereocenters. The number of benzene rings is 2. The molecule has 2 aromatic carbocycles. The average Bonchev–Trinajstić information content (AvgIpc) is 2.52. The van der Waals surface area contributed by atoms with Crippen LogP contribution in [0.15, 0.2) is 62.5 Å². The van der Waals surface area contributed by atoms with Crippen molar-refractivity contribution in [2.24, 2.45) is 0 Å². The van der Waals surface area contributed by atoms with Crippen molar-refractivity contribution in [3.8, 4) is 5.75 Å². The summed E-state index contributed by atoms with van der Waals surface area (Å²) in [6.45, 7) is 0.468. The standard InChI is InChI=1S/C16H12ClNO4/c17-12-6-2-4-8-14(12)21-10-9-18-13-7-3-1-5-11(13)15(19)22-16(18)20/h1-8H,9-10H2. The molecular weight excluding hydrogens is 306 g/mol. The van der Waals surface area contributed by atoms with E-state index in [0.717, 1.165) is 0 Å². The highest BCUT2D eigenvalue weighted by atomic mass is 35.5. The van der Waals surface area contributed by atoms with Crippen molar-refractivity contribution in [2.45, 2.75) is 6.54 Å². The van der Waals surface area contributed by atoms with Gasteiger partial charge in [0.15, 0.2) is 0 Å². The van der Waals surface area contributed by atoms with Gasteiger partial charge >= 0.3 is 11.4 Å². The van der Waals surface area contributed by atoms with E-state index in [1.807, 2.05) is 6.07 Å². The van der Waals surface area contributed by atoms with Crippen molar-refractivity contribution in [1.82, 2.24) is 4.57 Å². The van der Waals surface area contributed by atoms with Gasteiger partial charge in [0.05, 0.1) is 22.5 Å².